The fourth-order valence-corrected chi connectivity index (χ4v) is 4.07. The molecule has 1 N–H and O–H groups in total. The second kappa shape index (κ2) is 8.87. The highest BCUT2D eigenvalue weighted by molar-refractivity contribution is 5.99. The first-order chi connectivity index (χ1) is 14.1. The van der Waals surface area contributed by atoms with Crippen LogP contribution >= 0.6 is 0 Å². The predicted octanol–water partition coefficient (Wildman–Crippen LogP) is 3.90. The van der Waals surface area contributed by atoms with Crippen molar-refractivity contribution in [3.8, 4) is 5.75 Å². The number of hydrogen-bond acceptors (Lipinski definition) is 4. The van der Waals surface area contributed by atoms with Gasteiger partial charge in [0.1, 0.15) is 5.75 Å². The van der Waals surface area contributed by atoms with E-state index >= 15 is 0 Å². The minimum absolute atomic E-state index is 0.0622. The zero-order valence-electron chi connectivity index (χ0n) is 17.5. The van der Waals surface area contributed by atoms with Crippen LogP contribution in [-0.2, 0) is 11.2 Å². The number of benzene rings is 2. The minimum Gasteiger partial charge on any atom is -0.494 e. The molecule has 154 valence electrons. The van der Waals surface area contributed by atoms with Crippen molar-refractivity contribution in [2.75, 3.05) is 49.5 Å². The largest absolute Gasteiger partial charge is 0.494 e. The van der Waals surface area contributed by atoms with Crippen molar-refractivity contribution in [3.63, 3.8) is 0 Å². The smallest absolute Gasteiger partial charge is 0.228 e. The van der Waals surface area contributed by atoms with Crippen molar-refractivity contribution >= 4 is 17.3 Å². The summed E-state index contributed by atoms with van der Waals surface area (Å²) in [4.78, 5) is 16.4. The normalized spacial score (nSPS) is 16.8. The van der Waals surface area contributed by atoms with E-state index in [-0.39, 0.29) is 5.91 Å². The summed E-state index contributed by atoms with van der Waals surface area (Å²) in [5.74, 6) is 1.50. The lowest BCUT2D eigenvalue weighted by Crippen LogP contribution is -2.46. The molecule has 4 rings (SSSR count). The third kappa shape index (κ3) is 4.91. The van der Waals surface area contributed by atoms with Crippen LogP contribution in [0, 0.1) is 0 Å². The van der Waals surface area contributed by atoms with Crippen molar-refractivity contribution < 1.29 is 9.53 Å². The molecule has 1 fully saturated rings. The fourth-order valence-electron chi connectivity index (χ4n) is 4.07. The Morgan fingerprint density at radius 2 is 1.79 bits per heavy atom. The zero-order valence-corrected chi connectivity index (χ0v) is 17.5. The summed E-state index contributed by atoms with van der Waals surface area (Å²) >= 11 is 0. The van der Waals surface area contributed by atoms with E-state index in [1.165, 1.54) is 11.3 Å². The molecule has 2 aliphatic rings. The van der Waals surface area contributed by atoms with Gasteiger partial charge in [0.05, 0.1) is 13.0 Å². The summed E-state index contributed by atoms with van der Waals surface area (Å²) in [6, 6.07) is 14.9. The Morgan fingerprint density at radius 3 is 2.52 bits per heavy atom. The maximum absolute atomic E-state index is 11.4. The summed E-state index contributed by atoms with van der Waals surface area (Å²) in [5, 5.41) is 2.85. The van der Waals surface area contributed by atoms with Gasteiger partial charge in [0.25, 0.3) is 0 Å². The first-order valence-corrected chi connectivity index (χ1v) is 10.7. The maximum atomic E-state index is 11.4. The third-order valence-electron chi connectivity index (χ3n) is 5.89. The zero-order chi connectivity index (χ0) is 20.2. The van der Waals surface area contributed by atoms with Crippen LogP contribution < -0.4 is 15.0 Å². The van der Waals surface area contributed by atoms with E-state index in [0.29, 0.717) is 18.9 Å². The van der Waals surface area contributed by atoms with E-state index in [0.717, 1.165) is 56.1 Å². The van der Waals surface area contributed by atoms with Crippen LogP contribution in [0.5, 0.6) is 5.75 Å². The number of carbonyl (C=O) groups excluding carboxylic acids is 1. The Bertz CT molecular complexity index is 840. The van der Waals surface area contributed by atoms with Gasteiger partial charge in [0.15, 0.2) is 0 Å². The second-order valence-electron chi connectivity index (χ2n) is 8.32. The van der Waals surface area contributed by atoms with Crippen LogP contribution in [-0.4, -0.2) is 50.1 Å². The number of nitrogens with zero attached hydrogens (tertiary/aromatic N) is 2. The van der Waals surface area contributed by atoms with Gasteiger partial charge >= 0.3 is 0 Å². The summed E-state index contributed by atoms with van der Waals surface area (Å²) in [6.45, 7) is 10.6. The first-order valence-electron chi connectivity index (χ1n) is 10.7. The molecule has 0 aromatic heterocycles. The van der Waals surface area contributed by atoms with Gasteiger partial charge in [-0.25, -0.2) is 0 Å². The molecule has 0 unspecified atom stereocenters. The molecule has 29 heavy (non-hydrogen) atoms. The summed E-state index contributed by atoms with van der Waals surface area (Å²) in [7, 11) is 0. The molecule has 0 atom stereocenters. The number of hydrogen-bond donors (Lipinski definition) is 1. The van der Waals surface area contributed by atoms with Crippen molar-refractivity contribution in [3.05, 3.63) is 53.6 Å². The van der Waals surface area contributed by atoms with Crippen molar-refractivity contribution in [1.82, 2.24) is 4.90 Å². The maximum Gasteiger partial charge on any atom is 0.228 e. The SMILES string of the molecule is CC(C)c1ccc(N2CCN(CCCOc3ccc4c(c3)CC(=O)N4)CC2)cc1. The lowest BCUT2D eigenvalue weighted by Gasteiger charge is -2.36. The molecule has 0 radical (unpaired) electrons. The number of nitrogens with one attached hydrogen (secondary N) is 1. The molecule has 1 amide bonds. The number of carbonyl (C=O) groups is 1. The highest BCUT2D eigenvalue weighted by Crippen LogP contribution is 2.27. The second-order valence-corrected chi connectivity index (χ2v) is 8.32. The van der Waals surface area contributed by atoms with E-state index in [1.54, 1.807) is 0 Å². The van der Waals surface area contributed by atoms with Gasteiger partial charge in [-0.2, -0.15) is 0 Å². The molecule has 0 aliphatic carbocycles. The number of amides is 1. The molecule has 1 saturated heterocycles. The van der Waals surface area contributed by atoms with Crippen LogP contribution in [0.25, 0.3) is 0 Å². The van der Waals surface area contributed by atoms with Crippen molar-refractivity contribution in [2.45, 2.75) is 32.6 Å². The molecule has 2 heterocycles. The van der Waals surface area contributed by atoms with Gasteiger partial charge in [-0.3, -0.25) is 9.69 Å². The van der Waals surface area contributed by atoms with E-state index in [9.17, 15) is 4.79 Å². The molecule has 2 aromatic carbocycles. The highest BCUT2D eigenvalue weighted by atomic mass is 16.5. The topological polar surface area (TPSA) is 44.8 Å². The van der Waals surface area contributed by atoms with Crippen LogP contribution in [0.1, 0.15) is 37.3 Å². The number of fused-ring (bicyclic) bond motifs is 1. The number of piperazine rings is 1. The number of anilines is 2. The molecule has 5 heteroatoms. The van der Waals surface area contributed by atoms with Crippen LogP contribution in [0.15, 0.2) is 42.5 Å². The minimum atomic E-state index is 0.0622. The third-order valence-corrected chi connectivity index (χ3v) is 5.89. The Kier molecular flexibility index (Phi) is 6.05. The lowest BCUT2D eigenvalue weighted by molar-refractivity contribution is -0.115. The number of ether oxygens (including phenoxy) is 1. The molecule has 0 spiro atoms. The Balaban J connectivity index is 1.17. The Hall–Kier alpha value is -2.53. The van der Waals surface area contributed by atoms with Crippen LogP contribution in [0.3, 0.4) is 0 Å². The van der Waals surface area contributed by atoms with E-state index in [2.05, 4.69) is 53.2 Å². The molecular weight excluding hydrogens is 362 g/mol. The highest BCUT2D eigenvalue weighted by Gasteiger charge is 2.18. The fraction of sp³-hybridized carbons (Fsp3) is 0.458. The molecule has 0 bridgehead atoms. The summed E-state index contributed by atoms with van der Waals surface area (Å²) in [5.41, 5.74) is 4.68. The van der Waals surface area contributed by atoms with Gasteiger partial charge in [0.2, 0.25) is 5.91 Å². The van der Waals surface area contributed by atoms with Crippen LogP contribution in [0.4, 0.5) is 11.4 Å². The van der Waals surface area contributed by atoms with Gasteiger partial charge in [0, 0.05) is 44.1 Å². The molecule has 2 aliphatic heterocycles. The molecule has 5 nitrogen and oxygen atoms in total. The standard InChI is InChI=1S/C24H31N3O2/c1-18(2)19-4-6-21(7-5-19)27-13-11-26(12-14-27)10-3-15-29-22-8-9-23-20(16-22)17-24(28)25-23/h4-9,16,18H,3,10-15,17H2,1-2H3,(H,25,28). The van der Waals surface area contributed by atoms with E-state index in [1.807, 2.05) is 18.2 Å². The predicted molar refractivity (Wildman–Crippen MR) is 118 cm³/mol. The van der Waals surface area contributed by atoms with Crippen molar-refractivity contribution in [1.29, 1.82) is 0 Å². The first kappa shape index (κ1) is 19.8. The van der Waals surface area contributed by atoms with E-state index in [4.69, 9.17) is 4.74 Å². The van der Waals surface area contributed by atoms with Gasteiger partial charge < -0.3 is 15.0 Å². The molecular formula is C24H31N3O2. The van der Waals surface area contributed by atoms with Crippen molar-refractivity contribution in [2.24, 2.45) is 0 Å². The quantitative estimate of drug-likeness (QED) is 0.725. The average molecular weight is 394 g/mol. The van der Waals surface area contributed by atoms with Gasteiger partial charge in [-0.1, -0.05) is 26.0 Å². The summed E-state index contributed by atoms with van der Waals surface area (Å²) in [6.07, 6.45) is 1.47. The summed E-state index contributed by atoms with van der Waals surface area (Å²) < 4.78 is 5.90. The monoisotopic (exact) mass is 393 g/mol. The molecule has 2 aromatic rings. The van der Waals surface area contributed by atoms with Crippen LogP contribution in [0.2, 0.25) is 0 Å². The van der Waals surface area contributed by atoms with Gasteiger partial charge in [-0.05, 0) is 53.8 Å². The number of rotatable bonds is 7. The lowest BCUT2D eigenvalue weighted by atomic mass is 10.0. The Morgan fingerprint density at radius 1 is 1.03 bits per heavy atom. The average Bonchev–Trinajstić information content (AvgIpc) is 3.11. The van der Waals surface area contributed by atoms with E-state index < -0.39 is 0 Å². The van der Waals surface area contributed by atoms with Gasteiger partial charge in [-0.15, -0.1) is 0 Å². The molecule has 0 saturated carbocycles. The Labute approximate surface area is 173 Å².